The van der Waals surface area contributed by atoms with Crippen molar-refractivity contribution in [2.24, 2.45) is 0 Å². The Hall–Kier alpha value is -3.40. The number of aromatic nitrogens is 3. The molecule has 35 heavy (non-hydrogen) atoms. The summed E-state index contributed by atoms with van der Waals surface area (Å²) in [4.78, 5) is 30.5. The van der Waals surface area contributed by atoms with E-state index in [0.29, 0.717) is 33.6 Å². The second-order valence-corrected chi connectivity index (χ2v) is 9.13. The van der Waals surface area contributed by atoms with Crippen molar-refractivity contribution in [1.29, 1.82) is 0 Å². The lowest BCUT2D eigenvalue weighted by molar-refractivity contribution is 0.0954. The molecule has 180 valence electrons. The van der Waals surface area contributed by atoms with Crippen molar-refractivity contribution < 1.29 is 14.3 Å². The molecule has 3 heterocycles. The summed E-state index contributed by atoms with van der Waals surface area (Å²) in [6, 6.07) is 9.79. The number of thiophene rings is 1. The molecular formula is C24H21Cl2N5O3S. The Balaban J connectivity index is 1.74. The Kier molecular flexibility index (Phi) is 7.70. The first kappa shape index (κ1) is 24.7. The summed E-state index contributed by atoms with van der Waals surface area (Å²) in [6.45, 7) is 4.20. The highest BCUT2D eigenvalue weighted by molar-refractivity contribution is 7.08. The summed E-state index contributed by atoms with van der Waals surface area (Å²) in [5.41, 5.74) is 1.34. The number of anilines is 1. The summed E-state index contributed by atoms with van der Waals surface area (Å²) in [5, 5.41) is 14.4. The standard InChI is InChI=1S/C24H21Cl2N5O3S/c1-3-7-28-23(32)17-11-15(25)10-14(2)21(17)29-24(33)19-12-20(34-16-6-9-35-13-16)30-31(19)22-18(26)5-4-8-27-22/h4-6,8-13H,3,7H2,1-2H3,(H,28,32)(H,29,33). The molecule has 4 aromatic rings. The van der Waals surface area contributed by atoms with Crippen LogP contribution in [-0.2, 0) is 0 Å². The van der Waals surface area contributed by atoms with Gasteiger partial charge in [0.05, 0.1) is 16.3 Å². The van der Waals surface area contributed by atoms with Crippen LogP contribution in [0.5, 0.6) is 11.6 Å². The van der Waals surface area contributed by atoms with Crippen molar-refractivity contribution >= 4 is 52.0 Å². The third kappa shape index (κ3) is 5.64. The van der Waals surface area contributed by atoms with Gasteiger partial charge in [-0.3, -0.25) is 9.59 Å². The van der Waals surface area contributed by atoms with Crippen LogP contribution in [-0.4, -0.2) is 33.1 Å². The molecule has 0 atom stereocenters. The van der Waals surface area contributed by atoms with E-state index in [1.165, 1.54) is 28.2 Å². The lowest BCUT2D eigenvalue weighted by atomic mass is 10.1. The van der Waals surface area contributed by atoms with E-state index < -0.39 is 5.91 Å². The van der Waals surface area contributed by atoms with Crippen LogP contribution in [0, 0.1) is 6.92 Å². The zero-order valence-corrected chi connectivity index (χ0v) is 21.2. The molecule has 8 nitrogen and oxygen atoms in total. The number of hydrogen-bond acceptors (Lipinski definition) is 6. The van der Waals surface area contributed by atoms with Gasteiger partial charge in [0, 0.05) is 29.2 Å². The second kappa shape index (κ2) is 10.9. The van der Waals surface area contributed by atoms with Crippen molar-refractivity contribution in [3.8, 4) is 17.4 Å². The zero-order chi connectivity index (χ0) is 24.9. The number of hydrogen-bond donors (Lipinski definition) is 2. The molecule has 2 N–H and O–H groups in total. The molecule has 0 spiro atoms. The van der Waals surface area contributed by atoms with Gasteiger partial charge in [0.25, 0.3) is 11.8 Å². The Labute approximate surface area is 215 Å². The number of aryl methyl sites for hydroxylation is 1. The number of halogens is 2. The van der Waals surface area contributed by atoms with Gasteiger partial charge in [-0.25, -0.2) is 9.67 Å². The van der Waals surface area contributed by atoms with Gasteiger partial charge in [-0.2, -0.15) is 0 Å². The summed E-state index contributed by atoms with van der Waals surface area (Å²) < 4.78 is 7.10. The summed E-state index contributed by atoms with van der Waals surface area (Å²) >= 11 is 14.0. The first-order chi connectivity index (χ1) is 16.9. The van der Waals surface area contributed by atoms with Crippen LogP contribution < -0.4 is 15.4 Å². The van der Waals surface area contributed by atoms with E-state index in [1.807, 2.05) is 17.7 Å². The first-order valence-electron chi connectivity index (χ1n) is 10.7. The minimum atomic E-state index is -0.533. The van der Waals surface area contributed by atoms with Crippen LogP contribution in [0.1, 0.15) is 39.8 Å². The minimum absolute atomic E-state index is 0.116. The lowest BCUT2D eigenvalue weighted by Crippen LogP contribution is -2.26. The van der Waals surface area contributed by atoms with Gasteiger partial charge in [0.15, 0.2) is 5.82 Å². The van der Waals surface area contributed by atoms with E-state index in [9.17, 15) is 9.59 Å². The van der Waals surface area contributed by atoms with E-state index in [1.54, 1.807) is 37.4 Å². The molecule has 0 unspecified atom stereocenters. The smallest absolute Gasteiger partial charge is 0.274 e. The largest absolute Gasteiger partial charge is 0.437 e. The van der Waals surface area contributed by atoms with Gasteiger partial charge in [0.2, 0.25) is 5.88 Å². The number of rotatable bonds is 8. The fourth-order valence-corrected chi connectivity index (χ4v) is 4.32. The van der Waals surface area contributed by atoms with Crippen LogP contribution in [0.2, 0.25) is 10.0 Å². The second-order valence-electron chi connectivity index (χ2n) is 7.50. The monoisotopic (exact) mass is 529 g/mol. The number of carbonyl (C=O) groups is 2. The number of carbonyl (C=O) groups excluding carboxylic acids is 2. The molecule has 3 aromatic heterocycles. The minimum Gasteiger partial charge on any atom is -0.437 e. The first-order valence-corrected chi connectivity index (χ1v) is 12.4. The van der Waals surface area contributed by atoms with Crippen molar-refractivity contribution in [2.45, 2.75) is 20.3 Å². The van der Waals surface area contributed by atoms with Crippen LogP contribution in [0.3, 0.4) is 0 Å². The van der Waals surface area contributed by atoms with E-state index in [4.69, 9.17) is 27.9 Å². The lowest BCUT2D eigenvalue weighted by Gasteiger charge is -2.15. The number of benzene rings is 1. The van der Waals surface area contributed by atoms with E-state index in [-0.39, 0.29) is 28.9 Å². The van der Waals surface area contributed by atoms with Gasteiger partial charge in [-0.15, -0.1) is 16.4 Å². The maximum absolute atomic E-state index is 13.5. The van der Waals surface area contributed by atoms with Crippen molar-refractivity contribution in [3.63, 3.8) is 0 Å². The van der Waals surface area contributed by atoms with Gasteiger partial charge in [-0.05, 0) is 54.6 Å². The number of ether oxygens (including phenoxy) is 1. The molecule has 11 heteroatoms. The Bertz CT molecular complexity index is 1370. The average Bonchev–Trinajstić information content (AvgIpc) is 3.49. The van der Waals surface area contributed by atoms with Crippen LogP contribution in [0.4, 0.5) is 5.69 Å². The molecule has 0 aliphatic carbocycles. The summed E-state index contributed by atoms with van der Waals surface area (Å²) in [7, 11) is 0. The van der Waals surface area contributed by atoms with Gasteiger partial charge in [0.1, 0.15) is 11.4 Å². The van der Waals surface area contributed by atoms with E-state index in [2.05, 4.69) is 20.7 Å². The molecule has 2 amide bonds. The maximum Gasteiger partial charge on any atom is 0.274 e. The Morgan fingerprint density at radius 1 is 1.17 bits per heavy atom. The zero-order valence-electron chi connectivity index (χ0n) is 18.8. The van der Waals surface area contributed by atoms with E-state index in [0.717, 1.165) is 6.42 Å². The molecule has 1 aromatic carbocycles. The van der Waals surface area contributed by atoms with Gasteiger partial charge < -0.3 is 15.4 Å². The quantitative estimate of drug-likeness (QED) is 0.286. The molecule has 0 radical (unpaired) electrons. The third-order valence-electron chi connectivity index (χ3n) is 4.90. The van der Waals surface area contributed by atoms with E-state index >= 15 is 0 Å². The predicted molar refractivity (Wildman–Crippen MR) is 138 cm³/mol. The fraction of sp³-hybridized carbons (Fsp3) is 0.167. The van der Waals surface area contributed by atoms with Gasteiger partial charge >= 0.3 is 0 Å². The molecule has 0 aliphatic heterocycles. The molecular weight excluding hydrogens is 509 g/mol. The van der Waals surface area contributed by atoms with Crippen LogP contribution in [0.25, 0.3) is 5.82 Å². The molecule has 4 rings (SSSR count). The van der Waals surface area contributed by atoms with Crippen LogP contribution >= 0.6 is 34.5 Å². The van der Waals surface area contributed by atoms with Crippen LogP contribution in [0.15, 0.2) is 53.4 Å². The van der Waals surface area contributed by atoms with Crippen molar-refractivity contribution in [3.05, 3.63) is 80.2 Å². The maximum atomic E-state index is 13.5. The SMILES string of the molecule is CCCNC(=O)c1cc(Cl)cc(C)c1NC(=O)c1cc(Oc2ccsc2)nn1-c1ncccc1Cl. The molecule has 0 saturated heterocycles. The third-order valence-corrected chi connectivity index (χ3v) is 6.07. The number of pyridine rings is 1. The Morgan fingerprint density at radius 2 is 2.00 bits per heavy atom. The molecule has 0 saturated carbocycles. The number of nitrogens with one attached hydrogen (secondary N) is 2. The average molecular weight is 530 g/mol. The topological polar surface area (TPSA) is 98.1 Å². The highest BCUT2D eigenvalue weighted by Crippen LogP contribution is 2.29. The Morgan fingerprint density at radius 3 is 2.71 bits per heavy atom. The molecule has 0 aliphatic rings. The highest BCUT2D eigenvalue weighted by atomic mass is 35.5. The number of nitrogens with zero attached hydrogens (tertiary/aromatic N) is 3. The fourth-order valence-electron chi connectivity index (χ4n) is 3.30. The summed E-state index contributed by atoms with van der Waals surface area (Å²) in [5.74, 6) is 0.157. The molecule has 0 bridgehead atoms. The number of amides is 2. The highest BCUT2D eigenvalue weighted by Gasteiger charge is 2.23. The van der Waals surface area contributed by atoms with Crippen molar-refractivity contribution in [1.82, 2.24) is 20.1 Å². The van der Waals surface area contributed by atoms with Gasteiger partial charge in [-0.1, -0.05) is 30.1 Å². The van der Waals surface area contributed by atoms with Crippen molar-refractivity contribution in [2.75, 3.05) is 11.9 Å². The normalized spacial score (nSPS) is 10.7. The predicted octanol–water partition coefficient (Wildman–Crippen LogP) is 6.13. The molecule has 0 fully saturated rings. The summed E-state index contributed by atoms with van der Waals surface area (Å²) in [6.07, 6.45) is 2.31.